The van der Waals surface area contributed by atoms with Gasteiger partial charge in [0, 0.05) is 49.7 Å². The van der Waals surface area contributed by atoms with E-state index < -0.39 is 0 Å². The van der Waals surface area contributed by atoms with Gasteiger partial charge in [-0.3, -0.25) is 0 Å². The third kappa shape index (κ3) is 3.60. The molecule has 4 aromatic carbocycles. The minimum Gasteiger partial charge on any atom is -0.344 e. The molecular formula is C37H40N2. The molecule has 2 heteroatoms. The Balaban J connectivity index is 1.39. The van der Waals surface area contributed by atoms with Crippen molar-refractivity contribution in [1.82, 2.24) is 0 Å². The Bertz CT molecular complexity index is 1680. The Morgan fingerprint density at radius 3 is 1.95 bits per heavy atom. The highest BCUT2D eigenvalue weighted by Crippen LogP contribution is 2.53. The number of nitrogens with zero attached hydrogens (tertiary/aromatic N) is 2. The molecule has 39 heavy (non-hydrogen) atoms. The molecule has 0 saturated carbocycles. The van der Waals surface area contributed by atoms with Crippen molar-refractivity contribution < 1.29 is 0 Å². The van der Waals surface area contributed by atoms with E-state index in [4.69, 9.17) is 0 Å². The maximum absolute atomic E-state index is 2.53. The van der Waals surface area contributed by atoms with E-state index in [1.54, 1.807) is 0 Å². The highest BCUT2D eigenvalue weighted by molar-refractivity contribution is 5.90. The Hall–Kier alpha value is -3.52. The molecule has 0 unspecified atom stereocenters. The van der Waals surface area contributed by atoms with Crippen LogP contribution in [0, 0.1) is 0 Å². The van der Waals surface area contributed by atoms with Gasteiger partial charge in [0.1, 0.15) is 0 Å². The van der Waals surface area contributed by atoms with Gasteiger partial charge in [-0.1, -0.05) is 71.9 Å². The molecule has 2 heterocycles. The molecule has 1 aliphatic carbocycles. The van der Waals surface area contributed by atoms with Crippen LogP contribution in [0.15, 0.2) is 60.7 Å². The lowest BCUT2D eigenvalue weighted by Crippen LogP contribution is -2.26. The van der Waals surface area contributed by atoms with Crippen LogP contribution in [0.5, 0.6) is 0 Å². The molecular weight excluding hydrogens is 472 g/mol. The number of anilines is 4. The topological polar surface area (TPSA) is 6.48 Å². The van der Waals surface area contributed by atoms with E-state index in [2.05, 4.69) is 126 Å². The highest BCUT2D eigenvalue weighted by atomic mass is 15.1. The first kappa shape index (κ1) is 24.5. The third-order valence-corrected chi connectivity index (χ3v) is 9.32. The van der Waals surface area contributed by atoms with Crippen LogP contribution in [0.25, 0.3) is 11.1 Å². The maximum atomic E-state index is 2.53. The van der Waals surface area contributed by atoms with E-state index >= 15 is 0 Å². The van der Waals surface area contributed by atoms with Crippen LogP contribution in [0.4, 0.5) is 22.7 Å². The molecule has 0 atom stereocenters. The number of benzene rings is 4. The zero-order valence-corrected chi connectivity index (χ0v) is 24.8. The maximum Gasteiger partial charge on any atom is 0.0485 e. The quantitative estimate of drug-likeness (QED) is 0.204. The average molecular weight is 513 g/mol. The molecule has 0 fully saturated rings. The molecule has 3 aliphatic rings. The van der Waals surface area contributed by atoms with Crippen LogP contribution in [-0.2, 0) is 30.1 Å². The first-order chi connectivity index (χ1) is 18.4. The molecule has 0 saturated heterocycles. The molecule has 0 N–H and O–H groups in total. The Morgan fingerprint density at radius 1 is 0.538 bits per heavy atom. The normalized spacial score (nSPS) is 15.3. The van der Waals surface area contributed by atoms with Gasteiger partial charge in [0.15, 0.2) is 0 Å². The summed E-state index contributed by atoms with van der Waals surface area (Å²) in [5.41, 5.74) is 20.3. The van der Waals surface area contributed by atoms with Crippen molar-refractivity contribution in [3.05, 3.63) is 105 Å². The molecule has 0 aromatic heterocycles. The van der Waals surface area contributed by atoms with Gasteiger partial charge in [-0.15, -0.1) is 0 Å². The van der Waals surface area contributed by atoms with Gasteiger partial charge in [0.2, 0.25) is 0 Å². The van der Waals surface area contributed by atoms with Gasteiger partial charge < -0.3 is 9.80 Å². The van der Waals surface area contributed by atoms with Gasteiger partial charge in [0.25, 0.3) is 0 Å². The molecule has 0 spiro atoms. The summed E-state index contributed by atoms with van der Waals surface area (Å²) in [4.78, 5) is 4.88. The summed E-state index contributed by atoms with van der Waals surface area (Å²) in [6.07, 6.45) is 3.00. The summed E-state index contributed by atoms with van der Waals surface area (Å²) in [7, 11) is 4.50. The number of hydrogen-bond donors (Lipinski definition) is 0. The number of para-hydroxylation sites is 1. The molecule has 2 nitrogen and oxygen atoms in total. The van der Waals surface area contributed by atoms with Gasteiger partial charge >= 0.3 is 0 Å². The van der Waals surface area contributed by atoms with Crippen LogP contribution in [0.3, 0.4) is 0 Å². The number of fused-ring (bicyclic) bond motifs is 7. The SMILES string of the molecule is CN1c2ccc(C(C)(C)C)cc2Cc2cc3c(cc21)Cc1c-3cc2c(c1C(C)(C)C)N(C)c1ccccc1C2. The molecule has 0 amide bonds. The highest BCUT2D eigenvalue weighted by Gasteiger charge is 2.35. The number of hydrogen-bond acceptors (Lipinski definition) is 2. The zero-order chi connectivity index (χ0) is 27.4. The third-order valence-electron chi connectivity index (χ3n) is 9.32. The molecule has 198 valence electrons. The van der Waals surface area contributed by atoms with Crippen molar-refractivity contribution in [2.45, 2.75) is 71.6 Å². The summed E-state index contributed by atoms with van der Waals surface area (Å²) in [6.45, 7) is 14.1. The Kier molecular flexibility index (Phi) is 5.03. The summed E-state index contributed by atoms with van der Waals surface area (Å²) < 4.78 is 0. The summed E-state index contributed by atoms with van der Waals surface area (Å²) in [5.74, 6) is 0. The van der Waals surface area contributed by atoms with Crippen molar-refractivity contribution in [3.8, 4) is 11.1 Å². The van der Waals surface area contributed by atoms with Crippen LogP contribution < -0.4 is 9.80 Å². The summed E-state index contributed by atoms with van der Waals surface area (Å²) in [6, 6.07) is 23.6. The lowest BCUT2D eigenvalue weighted by atomic mass is 9.77. The molecule has 0 radical (unpaired) electrons. The minimum atomic E-state index is 0.0496. The Labute approximate surface area is 234 Å². The fourth-order valence-corrected chi connectivity index (χ4v) is 7.40. The van der Waals surface area contributed by atoms with Crippen molar-refractivity contribution in [3.63, 3.8) is 0 Å². The smallest absolute Gasteiger partial charge is 0.0485 e. The first-order valence-electron chi connectivity index (χ1n) is 14.5. The van der Waals surface area contributed by atoms with Crippen LogP contribution in [0.2, 0.25) is 0 Å². The van der Waals surface area contributed by atoms with Gasteiger partial charge in [-0.2, -0.15) is 0 Å². The van der Waals surface area contributed by atoms with Crippen molar-refractivity contribution in [1.29, 1.82) is 0 Å². The monoisotopic (exact) mass is 512 g/mol. The van der Waals surface area contributed by atoms with Gasteiger partial charge in [0.05, 0.1) is 0 Å². The van der Waals surface area contributed by atoms with Gasteiger partial charge in [-0.25, -0.2) is 0 Å². The average Bonchev–Trinajstić information content (AvgIpc) is 3.22. The molecule has 2 aliphatic heterocycles. The second kappa shape index (κ2) is 8.01. The van der Waals surface area contributed by atoms with E-state index in [1.807, 2.05) is 0 Å². The van der Waals surface area contributed by atoms with E-state index in [0.717, 1.165) is 19.3 Å². The standard InChI is InChI=1S/C37H40N2/c1-36(2,3)27-13-14-32-24(17-27)16-25-19-28-23(21-33(25)38(32)7)18-30-29(28)20-26-15-22-11-9-10-12-31(22)39(8)35(26)34(30)37(4,5)6/h9-14,17,19-21H,15-16,18H2,1-8H3. The van der Waals surface area contributed by atoms with Crippen molar-refractivity contribution in [2.75, 3.05) is 23.9 Å². The minimum absolute atomic E-state index is 0.0496. The Morgan fingerprint density at radius 2 is 1.21 bits per heavy atom. The number of rotatable bonds is 0. The summed E-state index contributed by atoms with van der Waals surface area (Å²) >= 11 is 0. The van der Waals surface area contributed by atoms with Crippen LogP contribution in [-0.4, -0.2) is 14.1 Å². The van der Waals surface area contributed by atoms with E-state index in [0.29, 0.717) is 0 Å². The zero-order valence-electron chi connectivity index (χ0n) is 24.8. The van der Waals surface area contributed by atoms with E-state index in [1.165, 1.54) is 78.4 Å². The first-order valence-corrected chi connectivity index (χ1v) is 14.5. The second-order valence-electron chi connectivity index (χ2n) is 14.0. The molecule has 0 bridgehead atoms. The molecule has 7 rings (SSSR count). The molecule has 4 aromatic rings. The van der Waals surface area contributed by atoms with Crippen LogP contribution >= 0.6 is 0 Å². The predicted molar refractivity (Wildman–Crippen MR) is 167 cm³/mol. The van der Waals surface area contributed by atoms with Crippen molar-refractivity contribution in [2.24, 2.45) is 0 Å². The fourth-order valence-electron chi connectivity index (χ4n) is 7.40. The van der Waals surface area contributed by atoms with E-state index in [9.17, 15) is 0 Å². The lowest BCUT2D eigenvalue weighted by molar-refractivity contribution is 0.584. The fraction of sp³-hybridized carbons (Fsp3) is 0.351. The van der Waals surface area contributed by atoms with E-state index in [-0.39, 0.29) is 10.8 Å². The largest absolute Gasteiger partial charge is 0.344 e. The summed E-state index contributed by atoms with van der Waals surface area (Å²) in [5, 5.41) is 0. The lowest BCUT2D eigenvalue weighted by Gasteiger charge is -2.37. The van der Waals surface area contributed by atoms with Crippen molar-refractivity contribution >= 4 is 22.7 Å². The predicted octanol–water partition coefficient (Wildman–Crippen LogP) is 9.20. The second-order valence-corrected chi connectivity index (χ2v) is 14.0. The van der Waals surface area contributed by atoms with Gasteiger partial charge in [-0.05, 0) is 103 Å². The van der Waals surface area contributed by atoms with Crippen LogP contribution in [0.1, 0.15) is 86.1 Å².